The van der Waals surface area contributed by atoms with Crippen LogP contribution in [0.2, 0.25) is 0 Å². The number of hydrogen-bond acceptors (Lipinski definition) is 8. The third-order valence-electron chi connectivity index (χ3n) is 16.0. The molecule has 0 radical (unpaired) electrons. The fourth-order valence-corrected chi connectivity index (χ4v) is 13.2. The lowest BCUT2D eigenvalue weighted by Crippen LogP contribution is -2.65. The zero-order chi connectivity index (χ0) is 37.5. The third kappa shape index (κ3) is 6.11. The molecule has 286 valence electrons. The van der Waals surface area contributed by atoms with Crippen molar-refractivity contribution in [2.75, 3.05) is 6.67 Å². The lowest BCUT2D eigenvalue weighted by molar-refractivity contribution is -0.256. The number of ether oxygens (including phenoxy) is 4. The van der Waals surface area contributed by atoms with E-state index in [4.69, 9.17) is 18.9 Å². The Labute approximate surface area is 304 Å². The summed E-state index contributed by atoms with van der Waals surface area (Å²) in [5.41, 5.74) is 1.30. The molecule has 0 spiro atoms. The molecule has 1 saturated heterocycles. The maximum absolute atomic E-state index is 14.8. The van der Waals surface area contributed by atoms with Crippen molar-refractivity contribution in [1.29, 1.82) is 0 Å². The van der Waals surface area contributed by atoms with Crippen LogP contribution in [0.25, 0.3) is 0 Å². The quantitative estimate of drug-likeness (QED) is 0.154. The number of ketones is 1. The SMILES string of the molecule is CC(=O)O[C@H]1[C@H](OC(C)=O)C(CF)OC(C[C@]23CCC(C)(C)CC2C2=CCC4[C@@]5(C)CCC(=O)C(C)(C)C5CC[C@@]4(C)[C@]2(C)CC3)[C@H]1OC(C)=O. The Morgan fingerprint density at radius 1 is 0.784 bits per heavy atom. The molecule has 0 aromatic carbocycles. The van der Waals surface area contributed by atoms with Crippen molar-refractivity contribution in [3.63, 3.8) is 0 Å². The predicted octanol–water partition coefficient (Wildman–Crippen LogP) is 8.28. The van der Waals surface area contributed by atoms with Crippen LogP contribution >= 0.6 is 0 Å². The van der Waals surface area contributed by atoms with E-state index in [1.165, 1.54) is 20.8 Å². The Morgan fingerprint density at radius 2 is 1.37 bits per heavy atom. The molecule has 1 aliphatic heterocycles. The summed E-state index contributed by atoms with van der Waals surface area (Å²) in [7, 11) is 0. The van der Waals surface area contributed by atoms with Crippen molar-refractivity contribution in [3.05, 3.63) is 11.6 Å². The van der Waals surface area contributed by atoms with Gasteiger partial charge in [0.15, 0.2) is 18.3 Å². The summed E-state index contributed by atoms with van der Waals surface area (Å²) in [5, 5.41) is 0. The number of halogens is 1. The molecule has 0 bridgehead atoms. The number of allylic oxidation sites excluding steroid dienone is 2. The minimum absolute atomic E-state index is 0.0258. The molecule has 0 N–H and O–H groups in total. The van der Waals surface area contributed by atoms with E-state index in [-0.39, 0.29) is 38.4 Å². The fourth-order valence-electron chi connectivity index (χ4n) is 13.2. The summed E-state index contributed by atoms with van der Waals surface area (Å²) in [6.07, 6.45) is 7.41. The largest absolute Gasteiger partial charge is 0.456 e. The number of esters is 3. The number of carbonyl (C=O) groups is 4. The van der Waals surface area contributed by atoms with Crippen molar-refractivity contribution in [2.24, 2.45) is 50.2 Å². The van der Waals surface area contributed by atoms with E-state index >= 15 is 0 Å². The van der Waals surface area contributed by atoms with Gasteiger partial charge in [-0.05, 0) is 109 Å². The van der Waals surface area contributed by atoms with Crippen LogP contribution in [-0.4, -0.2) is 60.9 Å². The first-order valence-electron chi connectivity index (χ1n) is 19.6. The molecule has 6 rings (SSSR count). The van der Waals surface area contributed by atoms with Crippen molar-refractivity contribution < 1.29 is 42.5 Å². The molecule has 1 heterocycles. The van der Waals surface area contributed by atoms with E-state index in [1.807, 2.05) is 0 Å². The number of alkyl halides is 1. The van der Waals surface area contributed by atoms with Crippen LogP contribution in [0.5, 0.6) is 0 Å². The lowest BCUT2D eigenvalue weighted by Gasteiger charge is -2.71. The van der Waals surface area contributed by atoms with Crippen molar-refractivity contribution in [2.45, 2.75) is 170 Å². The van der Waals surface area contributed by atoms with Gasteiger partial charge in [-0.2, -0.15) is 0 Å². The molecule has 4 saturated carbocycles. The summed E-state index contributed by atoms with van der Waals surface area (Å²) in [6, 6.07) is 0. The highest BCUT2D eigenvalue weighted by atomic mass is 19.1. The number of rotatable bonds is 6. The van der Waals surface area contributed by atoms with Gasteiger partial charge in [0.25, 0.3) is 0 Å². The van der Waals surface area contributed by atoms with Gasteiger partial charge in [0.05, 0.1) is 6.10 Å². The normalized spacial score (nSPS) is 45.5. The number of hydrogen-bond donors (Lipinski definition) is 0. The zero-order valence-corrected chi connectivity index (χ0v) is 32.8. The lowest BCUT2D eigenvalue weighted by atomic mass is 9.33. The standard InChI is InChI=1S/C42H63FO8/c1-24(44)48-34-29(51-30(23-43)35(49-25(2)45)36(34)50-26(3)46)22-42-19-17-37(4,5)21-28(42)27-11-12-32-39(8)15-14-33(47)38(6,7)31(39)13-16-41(32,10)40(27,9)18-20-42/h11,28-32,34-36H,12-23H2,1-10H3/t28?,29?,30?,31?,32?,34-,35-,36-,39+,40-,41-,42-/m1/s1. The van der Waals surface area contributed by atoms with Gasteiger partial charge in [0, 0.05) is 32.6 Å². The van der Waals surface area contributed by atoms with Crippen LogP contribution in [-0.2, 0) is 38.1 Å². The molecule has 5 unspecified atom stereocenters. The summed E-state index contributed by atoms with van der Waals surface area (Å²) in [4.78, 5) is 50.3. The van der Waals surface area contributed by atoms with Gasteiger partial charge < -0.3 is 18.9 Å². The van der Waals surface area contributed by atoms with E-state index in [9.17, 15) is 23.6 Å². The Hall–Kier alpha value is -2.29. The van der Waals surface area contributed by atoms with E-state index in [0.29, 0.717) is 30.5 Å². The number of fused-ring (bicyclic) bond motifs is 7. The average molecular weight is 715 g/mol. The molecule has 6 aliphatic rings. The molecule has 8 nitrogen and oxygen atoms in total. The molecule has 5 fully saturated rings. The second-order valence-electron chi connectivity index (χ2n) is 19.5. The summed E-state index contributed by atoms with van der Waals surface area (Å²) in [6.45, 7) is 19.5. The first-order valence-corrected chi connectivity index (χ1v) is 19.6. The van der Waals surface area contributed by atoms with Crippen LogP contribution in [0, 0.1) is 50.2 Å². The second-order valence-corrected chi connectivity index (χ2v) is 19.5. The number of carbonyl (C=O) groups excluding carboxylic acids is 4. The highest BCUT2D eigenvalue weighted by Gasteiger charge is 2.69. The topological polar surface area (TPSA) is 105 Å². The van der Waals surface area contributed by atoms with Gasteiger partial charge in [-0.15, -0.1) is 0 Å². The molecule has 12 atom stereocenters. The maximum atomic E-state index is 14.8. The monoisotopic (exact) mass is 714 g/mol. The van der Waals surface area contributed by atoms with E-state index < -0.39 is 55.1 Å². The van der Waals surface area contributed by atoms with Crippen molar-refractivity contribution in [1.82, 2.24) is 0 Å². The minimum atomic E-state index is -1.25. The highest BCUT2D eigenvalue weighted by molar-refractivity contribution is 5.85. The van der Waals surface area contributed by atoms with Crippen LogP contribution in [0.1, 0.15) is 140 Å². The zero-order valence-electron chi connectivity index (χ0n) is 32.8. The van der Waals surface area contributed by atoms with Crippen LogP contribution in [0.15, 0.2) is 11.6 Å². The Balaban J connectivity index is 1.39. The van der Waals surface area contributed by atoms with Gasteiger partial charge >= 0.3 is 17.9 Å². The molecule has 51 heavy (non-hydrogen) atoms. The molecule has 0 amide bonds. The minimum Gasteiger partial charge on any atom is -0.456 e. The molecule has 0 aromatic heterocycles. The molecule has 9 heteroatoms. The molecule has 5 aliphatic carbocycles. The number of Topliss-reactive ketones (excluding diaryl/α,β-unsaturated/α-hetero) is 1. The highest BCUT2D eigenvalue weighted by Crippen LogP contribution is 2.76. The average Bonchev–Trinajstić information content (AvgIpc) is 3.02. The van der Waals surface area contributed by atoms with Crippen molar-refractivity contribution in [3.8, 4) is 0 Å². The molecular formula is C42H63FO8. The van der Waals surface area contributed by atoms with Gasteiger partial charge in [-0.1, -0.05) is 60.1 Å². The van der Waals surface area contributed by atoms with Gasteiger partial charge in [0.1, 0.15) is 18.6 Å². The van der Waals surface area contributed by atoms with Crippen LogP contribution in [0.4, 0.5) is 4.39 Å². The van der Waals surface area contributed by atoms with Crippen molar-refractivity contribution >= 4 is 23.7 Å². The molecule has 0 aromatic rings. The third-order valence-corrected chi connectivity index (χ3v) is 16.0. The summed E-state index contributed by atoms with van der Waals surface area (Å²) in [5.74, 6) is -0.353. The first-order chi connectivity index (χ1) is 23.6. The smallest absolute Gasteiger partial charge is 0.303 e. The van der Waals surface area contributed by atoms with E-state index in [0.717, 1.165) is 57.8 Å². The van der Waals surface area contributed by atoms with Crippen LogP contribution in [0.3, 0.4) is 0 Å². The fraction of sp³-hybridized carbons (Fsp3) is 0.857. The van der Waals surface area contributed by atoms with Gasteiger partial charge in [-0.25, -0.2) is 4.39 Å². The van der Waals surface area contributed by atoms with Gasteiger partial charge in [-0.3, -0.25) is 19.2 Å². The summed E-state index contributed by atoms with van der Waals surface area (Å²) < 4.78 is 38.3. The maximum Gasteiger partial charge on any atom is 0.303 e. The van der Waals surface area contributed by atoms with Crippen LogP contribution < -0.4 is 0 Å². The van der Waals surface area contributed by atoms with E-state index in [1.54, 1.807) is 5.57 Å². The van der Waals surface area contributed by atoms with Gasteiger partial charge in [0.2, 0.25) is 0 Å². The summed E-state index contributed by atoms with van der Waals surface area (Å²) >= 11 is 0. The first kappa shape index (κ1) is 38.4. The Kier molecular flexibility index (Phi) is 9.75. The Morgan fingerprint density at radius 3 is 1.98 bits per heavy atom. The molecular weight excluding hydrogens is 651 g/mol. The second kappa shape index (κ2) is 12.9. The Bertz CT molecular complexity index is 1470. The predicted molar refractivity (Wildman–Crippen MR) is 190 cm³/mol. The van der Waals surface area contributed by atoms with E-state index in [2.05, 4.69) is 54.5 Å².